The number of primary amides is 1. The lowest BCUT2D eigenvalue weighted by molar-refractivity contribution is 0.0994. The Hall–Kier alpha value is -3.84. The van der Waals surface area contributed by atoms with E-state index in [1.807, 2.05) is 54.6 Å². The highest BCUT2D eigenvalue weighted by Crippen LogP contribution is 2.30. The van der Waals surface area contributed by atoms with E-state index >= 15 is 0 Å². The van der Waals surface area contributed by atoms with E-state index in [1.165, 1.54) is 4.68 Å². The third-order valence-electron chi connectivity index (χ3n) is 4.71. The summed E-state index contributed by atoms with van der Waals surface area (Å²) in [7, 11) is 0. The third kappa shape index (κ3) is 3.58. The van der Waals surface area contributed by atoms with Crippen molar-refractivity contribution in [2.75, 3.05) is 10.6 Å². The molecule has 8 heteroatoms. The maximum Gasteiger partial charge on any atom is 0.324 e. The van der Waals surface area contributed by atoms with E-state index in [4.69, 9.17) is 17.3 Å². The van der Waals surface area contributed by atoms with Crippen molar-refractivity contribution in [3.63, 3.8) is 0 Å². The Balaban J connectivity index is 1.69. The van der Waals surface area contributed by atoms with Gasteiger partial charge in [0.25, 0.3) is 5.91 Å². The van der Waals surface area contributed by atoms with Crippen LogP contribution in [0.4, 0.5) is 16.3 Å². The number of fused-ring (bicyclic) bond motifs is 1. The predicted octanol–water partition coefficient (Wildman–Crippen LogP) is 4.73. The second-order valence-corrected chi connectivity index (χ2v) is 7.06. The van der Waals surface area contributed by atoms with E-state index in [0.717, 1.165) is 10.8 Å². The molecule has 4 rings (SSSR count). The van der Waals surface area contributed by atoms with Crippen LogP contribution in [0.1, 0.15) is 16.1 Å². The van der Waals surface area contributed by atoms with Gasteiger partial charge in [-0.05, 0) is 31.2 Å². The Morgan fingerprint density at radius 2 is 1.60 bits per heavy atom. The number of urea groups is 1. The van der Waals surface area contributed by atoms with E-state index in [2.05, 4.69) is 15.7 Å². The van der Waals surface area contributed by atoms with Gasteiger partial charge in [-0.25, -0.2) is 9.48 Å². The molecule has 1 heterocycles. The van der Waals surface area contributed by atoms with Gasteiger partial charge in [-0.15, -0.1) is 0 Å². The average molecular weight is 420 g/mol. The van der Waals surface area contributed by atoms with Crippen molar-refractivity contribution < 1.29 is 9.59 Å². The van der Waals surface area contributed by atoms with Gasteiger partial charge in [0.1, 0.15) is 5.82 Å². The van der Waals surface area contributed by atoms with Crippen molar-refractivity contribution in [3.05, 3.63) is 83.0 Å². The smallest absolute Gasteiger partial charge is 0.324 e. The van der Waals surface area contributed by atoms with Crippen LogP contribution in [0.2, 0.25) is 5.02 Å². The molecule has 0 fully saturated rings. The molecule has 0 aliphatic rings. The fourth-order valence-electron chi connectivity index (χ4n) is 3.27. The molecule has 0 radical (unpaired) electrons. The number of amides is 3. The Morgan fingerprint density at radius 3 is 2.30 bits per heavy atom. The topological polar surface area (TPSA) is 102 Å². The minimum absolute atomic E-state index is 0.0890. The molecule has 0 bridgehead atoms. The van der Waals surface area contributed by atoms with Crippen molar-refractivity contribution in [1.82, 2.24) is 9.78 Å². The van der Waals surface area contributed by atoms with Crippen LogP contribution >= 0.6 is 11.6 Å². The molecular weight excluding hydrogens is 402 g/mol. The molecule has 0 aliphatic heterocycles. The number of carbonyl (C=O) groups excluding carboxylic acids is 2. The quantitative estimate of drug-likeness (QED) is 0.445. The second kappa shape index (κ2) is 7.88. The Bertz CT molecular complexity index is 1270. The Kier molecular flexibility index (Phi) is 5.12. The molecule has 150 valence electrons. The van der Waals surface area contributed by atoms with Gasteiger partial charge in [-0.1, -0.05) is 54.1 Å². The number of halogens is 1. The Labute approximate surface area is 177 Å². The van der Waals surface area contributed by atoms with E-state index in [0.29, 0.717) is 27.8 Å². The normalized spacial score (nSPS) is 10.7. The molecular formula is C22H18ClN5O2. The number of anilines is 2. The lowest BCUT2D eigenvalue weighted by atomic mass is 10.1. The van der Waals surface area contributed by atoms with Crippen molar-refractivity contribution in [3.8, 4) is 5.69 Å². The maximum absolute atomic E-state index is 12.8. The summed E-state index contributed by atoms with van der Waals surface area (Å²) in [4.78, 5) is 24.6. The standard InChI is InChI=1S/C22H18ClN5O2/c1-13-19(20(24)29)27-28(14-7-3-2-4-8-14)21(13)26-22(30)25-18-12-11-17(23)15-9-5-6-10-16(15)18/h2-12H,1H3,(H2,24,29)(H2,25,26,30). The number of rotatable bonds is 4. The number of para-hydroxylation sites is 1. The van der Waals surface area contributed by atoms with Gasteiger partial charge >= 0.3 is 6.03 Å². The summed E-state index contributed by atoms with van der Waals surface area (Å²) in [6.45, 7) is 1.68. The summed E-state index contributed by atoms with van der Waals surface area (Å²) < 4.78 is 1.48. The summed E-state index contributed by atoms with van der Waals surface area (Å²) in [5.41, 5.74) is 7.30. The second-order valence-electron chi connectivity index (χ2n) is 6.65. The lowest BCUT2D eigenvalue weighted by Gasteiger charge is -2.13. The summed E-state index contributed by atoms with van der Waals surface area (Å²) >= 11 is 6.25. The fraction of sp³-hybridized carbons (Fsp3) is 0.0455. The molecule has 0 atom stereocenters. The number of nitrogens with zero attached hydrogens (tertiary/aromatic N) is 2. The SMILES string of the molecule is Cc1c(C(N)=O)nn(-c2ccccc2)c1NC(=O)Nc1ccc(Cl)c2ccccc12. The third-order valence-corrected chi connectivity index (χ3v) is 5.04. The van der Waals surface area contributed by atoms with Crippen LogP contribution in [0, 0.1) is 6.92 Å². The first-order chi connectivity index (χ1) is 14.5. The number of nitrogens with two attached hydrogens (primary N) is 1. The minimum Gasteiger partial charge on any atom is -0.364 e. The van der Waals surface area contributed by atoms with Gasteiger partial charge in [0, 0.05) is 21.4 Å². The first kappa shape index (κ1) is 19.5. The minimum atomic E-state index is -0.672. The summed E-state index contributed by atoms with van der Waals surface area (Å²) in [6, 6.07) is 19.6. The van der Waals surface area contributed by atoms with E-state index in [-0.39, 0.29) is 5.69 Å². The average Bonchev–Trinajstić information content (AvgIpc) is 3.07. The highest BCUT2D eigenvalue weighted by molar-refractivity contribution is 6.36. The number of carbonyl (C=O) groups is 2. The van der Waals surface area contributed by atoms with Gasteiger partial charge in [0.05, 0.1) is 11.4 Å². The van der Waals surface area contributed by atoms with Gasteiger partial charge < -0.3 is 11.1 Å². The van der Waals surface area contributed by atoms with Crippen LogP contribution in [-0.4, -0.2) is 21.7 Å². The number of benzene rings is 3. The molecule has 0 saturated carbocycles. The van der Waals surface area contributed by atoms with Crippen LogP contribution in [0.5, 0.6) is 0 Å². The molecule has 4 aromatic rings. The molecule has 0 spiro atoms. The molecule has 1 aromatic heterocycles. The van der Waals surface area contributed by atoms with Gasteiger partial charge in [-0.2, -0.15) is 5.10 Å². The van der Waals surface area contributed by atoms with E-state index in [1.54, 1.807) is 19.1 Å². The van der Waals surface area contributed by atoms with E-state index < -0.39 is 11.9 Å². The highest BCUT2D eigenvalue weighted by Gasteiger charge is 2.21. The van der Waals surface area contributed by atoms with Gasteiger partial charge in [0.2, 0.25) is 0 Å². The van der Waals surface area contributed by atoms with Crippen molar-refractivity contribution >= 4 is 45.8 Å². The predicted molar refractivity (Wildman–Crippen MR) is 118 cm³/mol. The zero-order valence-corrected chi connectivity index (χ0v) is 16.8. The maximum atomic E-state index is 12.8. The number of hydrogen-bond donors (Lipinski definition) is 3. The van der Waals surface area contributed by atoms with Crippen LogP contribution < -0.4 is 16.4 Å². The summed E-state index contributed by atoms with van der Waals surface area (Å²) in [5.74, 6) is -0.319. The summed E-state index contributed by atoms with van der Waals surface area (Å²) in [5, 5.41) is 12.2. The zero-order valence-electron chi connectivity index (χ0n) is 16.0. The number of hydrogen-bond acceptors (Lipinski definition) is 3. The van der Waals surface area contributed by atoms with Gasteiger partial charge in [-0.3, -0.25) is 10.1 Å². The van der Waals surface area contributed by atoms with Crippen molar-refractivity contribution in [2.24, 2.45) is 5.73 Å². The number of nitrogens with one attached hydrogen (secondary N) is 2. The van der Waals surface area contributed by atoms with Crippen LogP contribution in [0.3, 0.4) is 0 Å². The largest absolute Gasteiger partial charge is 0.364 e. The van der Waals surface area contributed by atoms with Crippen molar-refractivity contribution in [2.45, 2.75) is 6.92 Å². The molecule has 3 aromatic carbocycles. The molecule has 0 unspecified atom stereocenters. The van der Waals surface area contributed by atoms with Crippen LogP contribution in [0.25, 0.3) is 16.5 Å². The van der Waals surface area contributed by atoms with Crippen molar-refractivity contribution in [1.29, 1.82) is 0 Å². The molecule has 30 heavy (non-hydrogen) atoms. The summed E-state index contributed by atoms with van der Waals surface area (Å²) in [6.07, 6.45) is 0. The number of aromatic nitrogens is 2. The monoisotopic (exact) mass is 419 g/mol. The lowest BCUT2D eigenvalue weighted by Crippen LogP contribution is -2.22. The van der Waals surface area contributed by atoms with Crippen LogP contribution in [-0.2, 0) is 0 Å². The molecule has 0 aliphatic carbocycles. The molecule has 0 saturated heterocycles. The molecule has 3 amide bonds. The zero-order chi connectivity index (χ0) is 21.3. The van der Waals surface area contributed by atoms with Gasteiger partial charge in [0.15, 0.2) is 5.69 Å². The first-order valence-corrected chi connectivity index (χ1v) is 9.53. The van der Waals surface area contributed by atoms with E-state index in [9.17, 15) is 9.59 Å². The Morgan fingerprint density at radius 1 is 0.933 bits per heavy atom. The molecule has 4 N–H and O–H groups in total. The first-order valence-electron chi connectivity index (χ1n) is 9.16. The van der Waals surface area contributed by atoms with Crippen LogP contribution in [0.15, 0.2) is 66.7 Å². The highest BCUT2D eigenvalue weighted by atomic mass is 35.5. The molecule has 7 nitrogen and oxygen atoms in total. The fourth-order valence-corrected chi connectivity index (χ4v) is 3.49.